The van der Waals surface area contributed by atoms with Crippen LogP contribution in [0.15, 0.2) is 53.6 Å². The van der Waals surface area contributed by atoms with E-state index in [1.54, 1.807) is 18.2 Å². The van der Waals surface area contributed by atoms with E-state index in [4.69, 9.17) is 11.6 Å². The maximum absolute atomic E-state index is 12.6. The summed E-state index contributed by atoms with van der Waals surface area (Å²) in [5.74, 6) is 0. The molecule has 0 saturated heterocycles. The molecule has 1 saturated carbocycles. The van der Waals surface area contributed by atoms with Gasteiger partial charge in [-0.15, -0.1) is 0 Å². The minimum Gasteiger partial charge on any atom is -0.361 e. The van der Waals surface area contributed by atoms with Crippen LogP contribution in [0.25, 0.3) is 10.9 Å². The third-order valence-electron chi connectivity index (χ3n) is 4.97. The van der Waals surface area contributed by atoms with Crippen molar-refractivity contribution < 1.29 is 8.42 Å². The number of nitrogens with one attached hydrogen (secondary N) is 2. The Bertz CT molecular complexity index is 1050. The number of fused-ring (bicyclic) bond motifs is 1. The van der Waals surface area contributed by atoms with E-state index in [0.717, 1.165) is 34.9 Å². The summed E-state index contributed by atoms with van der Waals surface area (Å²) in [4.78, 5) is 3.57. The maximum atomic E-state index is 12.6. The zero-order valence-corrected chi connectivity index (χ0v) is 15.4. The third kappa shape index (κ3) is 3.08. The fourth-order valence-corrected chi connectivity index (χ4v) is 4.73. The smallest absolute Gasteiger partial charge is 0.240 e. The van der Waals surface area contributed by atoms with Gasteiger partial charge >= 0.3 is 0 Å². The van der Waals surface area contributed by atoms with Crippen molar-refractivity contribution in [1.29, 1.82) is 0 Å². The zero-order valence-electron chi connectivity index (χ0n) is 13.8. The Morgan fingerprint density at radius 2 is 2.00 bits per heavy atom. The molecule has 4 nitrogen and oxygen atoms in total. The molecule has 2 aromatic carbocycles. The lowest BCUT2D eigenvalue weighted by Crippen LogP contribution is -2.32. The molecule has 0 atom stereocenters. The van der Waals surface area contributed by atoms with E-state index in [1.165, 1.54) is 0 Å². The molecular weight excluding hydrogens is 356 g/mol. The van der Waals surface area contributed by atoms with Crippen molar-refractivity contribution in [3.63, 3.8) is 0 Å². The van der Waals surface area contributed by atoms with Gasteiger partial charge in [-0.3, -0.25) is 0 Å². The molecule has 1 heterocycles. The summed E-state index contributed by atoms with van der Waals surface area (Å²) in [7, 11) is -3.51. The van der Waals surface area contributed by atoms with E-state index < -0.39 is 10.0 Å². The zero-order chi connectivity index (χ0) is 17.7. The molecule has 1 fully saturated rings. The van der Waals surface area contributed by atoms with Crippen LogP contribution in [0.5, 0.6) is 0 Å². The quantitative estimate of drug-likeness (QED) is 0.705. The summed E-state index contributed by atoms with van der Waals surface area (Å²) in [5.41, 5.74) is 2.93. The largest absolute Gasteiger partial charge is 0.361 e. The highest BCUT2D eigenvalue weighted by Gasteiger charge is 2.46. The molecule has 1 aromatic heterocycles. The first-order valence-electron chi connectivity index (χ1n) is 8.23. The number of H-pyrrole nitrogens is 1. The van der Waals surface area contributed by atoms with Crippen molar-refractivity contribution in [2.24, 2.45) is 0 Å². The summed E-state index contributed by atoms with van der Waals surface area (Å²) >= 11 is 6.14. The number of aromatic nitrogens is 1. The minimum absolute atomic E-state index is 0.153. The van der Waals surface area contributed by atoms with Gasteiger partial charge in [0.15, 0.2) is 0 Å². The van der Waals surface area contributed by atoms with Crippen LogP contribution in [-0.4, -0.2) is 19.9 Å². The molecule has 0 radical (unpaired) electrons. The molecule has 130 valence electrons. The van der Waals surface area contributed by atoms with Crippen molar-refractivity contribution >= 4 is 32.5 Å². The summed E-state index contributed by atoms with van der Waals surface area (Å²) in [6, 6.07) is 12.7. The lowest BCUT2D eigenvalue weighted by molar-refractivity contribution is 0.567. The molecule has 0 amide bonds. The number of halogens is 1. The molecule has 0 unspecified atom stereocenters. The number of rotatable bonds is 5. The van der Waals surface area contributed by atoms with Gasteiger partial charge < -0.3 is 4.98 Å². The Labute approximate surface area is 152 Å². The van der Waals surface area contributed by atoms with Crippen LogP contribution in [-0.2, 0) is 15.4 Å². The Kier molecular flexibility index (Phi) is 3.90. The summed E-state index contributed by atoms with van der Waals surface area (Å²) in [6.45, 7) is 2.28. The first-order chi connectivity index (χ1) is 11.9. The van der Waals surface area contributed by atoms with Gasteiger partial charge in [0, 0.05) is 34.1 Å². The van der Waals surface area contributed by atoms with Gasteiger partial charge in [-0.05, 0) is 61.2 Å². The first kappa shape index (κ1) is 16.6. The molecule has 6 heteroatoms. The number of benzene rings is 2. The van der Waals surface area contributed by atoms with Gasteiger partial charge in [-0.25, -0.2) is 13.1 Å². The van der Waals surface area contributed by atoms with Gasteiger partial charge in [0.05, 0.1) is 4.90 Å². The van der Waals surface area contributed by atoms with E-state index >= 15 is 0 Å². The molecule has 3 aromatic rings. The summed E-state index contributed by atoms with van der Waals surface area (Å²) < 4.78 is 28.0. The molecule has 1 aliphatic rings. The van der Waals surface area contributed by atoms with E-state index in [1.807, 2.05) is 37.4 Å². The second kappa shape index (κ2) is 5.87. The van der Waals surface area contributed by atoms with E-state index in [2.05, 4.69) is 9.71 Å². The van der Waals surface area contributed by atoms with Gasteiger partial charge in [0.25, 0.3) is 0 Å². The fraction of sp³-hybridized carbons (Fsp3) is 0.263. The molecule has 0 aliphatic heterocycles. The predicted octanol–water partition coefficient (Wildman–Crippen LogP) is 4.14. The number of sulfonamides is 1. The van der Waals surface area contributed by atoms with Crippen LogP contribution in [0.3, 0.4) is 0 Å². The van der Waals surface area contributed by atoms with Crippen molar-refractivity contribution in [2.75, 3.05) is 6.54 Å². The monoisotopic (exact) mass is 374 g/mol. The van der Waals surface area contributed by atoms with E-state index in [-0.39, 0.29) is 5.41 Å². The fourth-order valence-electron chi connectivity index (χ4n) is 3.32. The van der Waals surface area contributed by atoms with Crippen molar-refractivity contribution in [1.82, 2.24) is 9.71 Å². The topological polar surface area (TPSA) is 62.0 Å². The van der Waals surface area contributed by atoms with E-state index in [9.17, 15) is 8.42 Å². The highest BCUT2D eigenvalue weighted by atomic mass is 35.5. The number of hydrogen-bond acceptors (Lipinski definition) is 2. The summed E-state index contributed by atoms with van der Waals surface area (Å²) in [6.07, 6.45) is 3.90. The summed E-state index contributed by atoms with van der Waals surface area (Å²) in [5, 5.41) is 1.75. The minimum atomic E-state index is -3.51. The molecule has 1 aliphatic carbocycles. The third-order valence-corrected chi connectivity index (χ3v) is 6.60. The number of aryl methyl sites for hydroxylation is 1. The van der Waals surface area contributed by atoms with Crippen LogP contribution in [0.1, 0.15) is 24.0 Å². The lowest BCUT2D eigenvalue weighted by atomic mass is 9.96. The maximum Gasteiger partial charge on any atom is 0.240 e. The molecule has 0 bridgehead atoms. The molecule has 4 rings (SSSR count). The van der Waals surface area contributed by atoms with Crippen molar-refractivity contribution in [2.45, 2.75) is 30.1 Å². The van der Waals surface area contributed by atoms with E-state index in [0.29, 0.717) is 16.5 Å². The predicted molar refractivity (Wildman–Crippen MR) is 101 cm³/mol. The lowest BCUT2D eigenvalue weighted by Gasteiger charge is -2.16. The van der Waals surface area contributed by atoms with Gasteiger partial charge in [-0.2, -0.15) is 0 Å². The van der Waals surface area contributed by atoms with Crippen LogP contribution in [0.4, 0.5) is 0 Å². The van der Waals surface area contributed by atoms with Gasteiger partial charge in [-0.1, -0.05) is 23.7 Å². The van der Waals surface area contributed by atoms with Crippen LogP contribution >= 0.6 is 11.6 Å². The molecular formula is C19H19ClN2O2S. The van der Waals surface area contributed by atoms with Crippen molar-refractivity contribution in [3.05, 3.63) is 64.8 Å². The highest BCUT2D eigenvalue weighted by Crippen LogP contribution is 2.50. The molecule has 0 spiro atoms. The van der Waals surface area contributed by atoms with Gasteiger partial charge in [0.1, 0.15) is 0 Å². The first-order valence-corrected chi connectivity index (χ1v) is 10.1. The Morgan fingerprint density at radius 1 is 1.20 bits per heavy atom. The van der Waals surface area contributed by atoms with Crippen molar-refractivity contribution in [3.8, 4) is 0 Å². The second-order valence-corrected chi connectivity index (χ2v) is 9.02. The Hall–Kier alpha value is -1.82. The van der Waals surface area contributed by atoms with Gasteiger partial charge in [0.2, 0.25) is 10.0 Å². The normalized spacial score (nSPS) is 16.2. The number of aromatic amines is 1. The Balaban J connectivity index is 1.61. The molecule has 2 N–H and O–H groups in total. The van der Waals surface area contributed by atoms with Crippen LogP contribution in [0, 0.1) is 6.92 Å². The number of hydrogen-bond donors (Lipinski definition) is 2. The molecule has 25 heavy (non-hydrogen) atoms. The average Bonchev–Trinajstić information content (AvgIpc) is 3.25. The highest BCUT2D eigenvalue weighted by molar-refractivity contribution is 7.89. The average molecular weight is 375 g/mol. The van der Waals surface area contributed by atoms with Crippen LogP contribution in [0.2, 0.25) is 5.02 Å². The second-order valence-electron chi connectivity index (χ2n) is 6.81. The Morgan fingerprint density at radius 3 is 2.72 bits per heavy atom. The van der Waals surface area contributed by atoms with Crippen LogP contribution < -0.4 is 4.72 Å². The standard InChI is InChI=1S/C19H19ClN2O2S/c1-13-3-2-4-15(9-13)25(23,24)22-12-19(7-8-19)17-11-21-18-6-5-14(20)10-16(17)18/h2-6,9-11,21-22H,7-8,12H2,1H3. The SMILES string of the molecule is Cc1cccc(S(=O)(=O)NCC2(c3c[nH]c4ccc(Cl)cc34)CC2)c1.